The third-order valence-corrected chi connectivity index (χ3v) is 4.74. The average Bonchev–Trinajstić information content (AvgIpc) is 3.03. The topological polar surface area (TPSA) is 15.3 Å². The zero-order chi connectivity index (χ0) is 13.3. The Balaban J connectivity index is 2.08. The van der Waals surface area contributed by atoms with Crippen molar-refractivity contribution in [1.29, 1.82) is 0 Å². The first-order valence-corrected chi connectivity index (χ1v) is 7.50. The van der Waals surface area contributed by atoms with Gasteiger partial charge in [-0.2, -0.15) is 0 Å². The maximum atomic E-state index is 3.70. The lowest BCUT2D eigenvalue weighted by molar-refractivity contribution is 0.651. The van der Waals surface area contributed by atoms with Crippen molar-refractivity contribution >= 4 is 21.6 Å². The van der Waals surface area contributed by atoms with Crippen molar-refractivity contribution in [3.63, 3.8) is 0 Å². The summed E-state index contributed by atoms with van der Waals surface area (Å²) in [6, 6.07) is 7.06. The highest BCUT2D eigenvalue weighted by Gasteiger charge is 2.33. The van der Waals surface area contributed by atoms with Crippen LogP contribution in [0.1, 0.15) is 31.9 Å². The summed E-state index contributed by atoms with van der Waals surface area (Å²) in [7, 11) is 4.18. The summed E-state index contributed by atoms with van der Waals surface area (Å²) in [5.74, 6) is 1.80. The fraction of sp³-hybridized carbons (Fsp3) is 0.600. The molecule has 0 bridgehead atoms. The SMILES string of the molecule is CNC(C)c1ccc(N(C)CC2CC2C)c(Br)c1. The van der Waals surface area contributed by atoms with E-state index in [2.05, 4.69) is 65.2 Å². The Hall–Kier alpha value is -0.540. The molecular formula is C15H23BrN2. The van der Waals surface area contributed by atoms with Gasteiger partial charge in [-0.05, 0) is 65.9 Å². The van der Waals surface area contributed by atoms with Gasteiger partial charge in [0, 0.05) is 24.1 Å². The van der Waals surface area contributed by atoms with E-state index in [1.54, 1.807) is 0 Å². The van der Waals surface area contributed by atoms with Gasteiger partial charge in [-0.25, -0.2) is 0 Å². The molecule has 3 heteroatoms. The van der Waals surface area contributed by atoms with Crippen LogP contribution in [0.25, 0.3) is 0 Å². The molecule has 0 heterocycles. The Morgan fingerprint density at radius 1 is 1.50 bits per heavy atom. The number of hydrogen-bond donors (Lipinski definition) is 1. The van der Waals surface area contributed by atoms with E-state index in [0.29, 0.717) is 6.04 Å². The quantitative estimate of drug-likeness (QED) is 0.889. The molecule has 1 fully saturated rings. The van der Waals surface area contributed by atoms with Gasteiger partial charge in [0.1, 0.15) is 0 Å². The second-order valence-electron chi connectivity index (χ2n) is 5.57. The van der Waals surface area contributed by atoms with Crippen LogP contribution in [0.2, 0.25) is 0 Å². The Morgan fingerprint density at radius 2 is 2.17 bits per heavy atom. The highest BCUT2D eigenvalue weighted by Crippen LogP contribution is 2.39. The van der Waals surface area contributed by atoms with Crippen molar-refractivity contribution < 1.29 is 0 Å². The Bertz CT molecular complexity index is 419. The van der Waals surface area contributed by atoms with Crippen molar-refractivity contribution in [3.8, 4) is 0 Å². The zero-order valence-corrected chi connectivity index (χ0v) is 13.3. The fourth-order valence-electron chi connectivity index (χ4n) is 2.37. The third kappa shape index (κ3) is 3.07. The van der Waals surface area contributed by atoms with Crippen LogP contribution in [0.15, 0.2) is 22.7 Å². The van der Waals surface area contributed by atoms with Gasteiger partial charge in [0.25, 0.3) is 0 Å². The highest BCUT2D eigenvalue weighted by atomic mass is 79.9. The smallest absolute Gasteiger partial charge is 0.0508 e. The van der Waals surface area contributed by atoms with Crippen LogP contribution in [0.5, 0.6) is 0 Å². The van der Waals surface area contributed by atoms with E-state index in [0.717, 1.165) is 11.8 Å². The van der Waals surface area contributed by atoms with Gasteiger partial charge >= 0.3 is 0 Å². The van der Waals surface area contributed by atoms with Crippen LogP contribution >= 0.6 is 15.9 Å². The predicted molar refractivity (Wildman–Crippen MR) is 82.2 cm³/mol. The molecule has 1 aliphatic carbocycles. The summed E-state index contributed by atoms with van der Waals surface area (Å²) in [5, 5.41) is 3.27. The van der Waals surface area contributed by atoms with Crippen molar-refractivity contribution in [2.75, 3.05) is 25.5 Å². The molecular weight excluding hydrogens is 288 g/mol. The van der Waals surface area contributed by atoms with Gasteiger partial charge in [-0.1, -0.05) is 13.0 Å². The van der Waals surface area contributed by atoms with Crippen molar-refractivity contribution in [1.82, 2.24) is 5.32 Å². The van der Waals surface area contributed by atoms with Gasteiger partial charge in [-0.3, -0.25) is 0 Å². The maximum absolute atomic E-state index is 3.70. The van der Waals surface area contributed by atoms with Crippen LogP contribution in [0, 0.1) is 11.8 Å². The van der Waals surface area contributed by atoms with Gasteiger partial charge in [0.15, 0.2) is 0 Å². The van der Waals surface area contributed by atoms with Crippen LogP contribution < -0.4 is 10.2 Å². The molecule has 1 aromatic rings. The summed E-state index contributed by atoms with van der Waals surface area (Å²) >= 11 is 3.70. The molecule has 0 saturated heterocycles. The van der Waals surface area contributed by atoms with Crippen molar-refractivity contribution in [3.05, 3.63) is 28.2 Å². The first-order chi connectivity index (χ1) is 8.52. The largest absolute Gasteiger partial charge is 0.373 e. The molecule has 1 aromatic carbocycles. The Labute approximate surface area is 119 Å². The minimum Gasteiger partial charge on any atom is -0.373 e. The molecule has 100 valence electrons. The molecule has 3 atom stereocenters. The Kier molecular flexibility index (Phi) is 4.33. The van der Waals surface area contributed by atoms with E-state index in [-0.39, 0.29) is 0 Å². The molecule has 1 aliphatic rings. The molecule has 0 aromatic heterocycles. The number of nitrogens with zero attached hydrogens (tertiary/aromatic N) is 1. The lowest BCUT2D eigenvalue weighted by atomic mass is 10.1. The molecule has 0 radical (unpaired) electrons. The minimum atomic E-state index is 0.393. The Morgan fingerprint density at radius 3 is 2.67 bits per heavy atom. The first kappa shape index (κ1) is 13.9. The van der Waals surface area contributed by atoms with Crippen molar-refractivity contribution in [2.45, 2.75) is 26.3 Å². The standard InChI is InChI=1S/C15H23BrN2/c1-10-7-13(10)9-18(4)15-6-5-12(8-14(15)16)11(2)17-3/h5-6,8,10-11,13,17H,7,9H2,1-4H3. The molecule has 3 unspecified atom stereocenters. The normalized spacial score (nSPS) is 23.8. The molecule has 18 heavy (non-hydrogen) atoms. The first-order valence-electron chi connectivity index (χ1n) is 6.70. The predicted octanol–water partition coefficient (Wildman–Crippen LogP) is 3.82. The minimum absolute atomic E-state index is 0.393. The van der Waals surface area contributed by atoms with Gasteiger partial charge in [0.2, 0.25) is 0 Å². The molecule has 0 aliphatic heterocycles. The van der Waals surface area contributed by atoms with E-state index < -0.39 is 0 Å². The monoisotopic (exact) mass is 310 g/mol. The zero-order valence-electron chi connectivity index (χ0n) is 11.7. The molecule has 2 rings (SSSR count). The van der Waals surface area contributed by atoms with Crippen LogP contribution in [-0.4, -0.2) is 20.6 Å². The van der Waals surface area contributed by atoms with E-state index >= 15 is 0 Å². The summed E-state index contributed by atoms with van der Waals surface area (Å²) in [6.07, 6.45) is 1.39. The van der Waals surface area contributed by atoms with Gasteiger partial charge in [0.05, 0.1) is 5.69 Å². The van der Waals surface area contributed by atoms with Crippen LogP contribution in [0.4, 0.5) is 5.69 Å². The fourth-order valence-corrected chi connectivity index (χ4v) is 3.07. The van der Waals surface area contributed by atoms with Crippen molar-refractivity contribution in [2.24, 2.45) is 11.8 Å². The summed E-state index contributed by atoms with van der Waals surface area (Å²) in [5.41, 5.74) is 2.61. The number of anilines is 1. The second kappa shape index (κ2) is 5.62. The average molecular weight is 311 g/mol. The number of benzene rings is 1. The van der Waals surface area contributed by atoms with Crippen LogP contribution in [-0.2, 0) is 0 Å². The maximum Gasteiger partial charge on any atom is 0.0508 e. The van der Waals surface area contributed by atoms with E-state index in [9.17, 15) is 0 Å². The van der Waals surface area contributed by atoms with E-state index in [4.69, 9.17) is 0 Å². The highest BCUT2D eigenvalue weighted by molar-refractivity contribution is 9.10. The third-order valence-electron chi connectivity index (χ3n) is 4.10. The molecule has 2 nitrogen and oxygen atoms in total. The molecule has 0 spiro atoms. The molecule has 0 amide bonds. The van der Waals surface area contributed by atoms with Crippen LogP contribution in [0.3, 0.4) is 0 Å². The summed E-state index contributed by atoms with van der Waals surface area (Å²) in [4.78, 5) is 2.37. The molecule has 1 saturated carbocycles. The summed E-state index contributed by atoms with van der Waals surface area (Å²) in [6.45, 7) is 5.68. The van der Waals surface area contributed by atoms with E-state index in [1.165, 1.54) is 28.7 Å². The molecule has 1 N–H and O–H groups in total. The van der Waals surface area contributed by atoms with E-state index in [1.807, 2.05) is 7.05 Å². The van der Waals surface area contributed by atoms with Gasteiger partial charge in [-0.15, -0.1) is 0 Å². The summed E-state index contributed by atoms with van der Waals surface area (Å²) < 4.78 is 1.19. The number of halogens is 1. The lowest BCUT2D eigenvalue weighted by Crippen LogP contribution is -2.21. The number of nitrogens with one attached hydrogen (secondary N) is 1. The van der Waals surface area contributed by atoms with Gasteiger partial charge < -0.3 is 10.2 Å². The number of rotatable bonds is 5. The second-order valence-corrected chi connectivity index (χ2v) is 6.43. The lowest BCUT2D eigenvalue weighted by Gasteiger charge is -2.22. The number of hydrogen-bond acceptors (Lipinski definition) is 2.